The Morgan fingerprint density at radius 3 is 2.62 bits per heavy atom. The van der Waals surface area contributed by atoms with Crippen LogP contribution in [0.25, 0.3) is 0 Å². The zero-order valence-electron chi connectivity index (χ0n) is 13.9. The van der Waals surface area contributed by atoms with Crippen LogP contribution in [-0.2, 0) is 16.2 Å². The summed E-state index contributed by atoms with van der Waals surface area (Å²) in [6.45, 7) is 1.71. The van der Waals surface area contributed by atoms with Crippen molar-refractivity contribution in [3.05, 3.63) is 29.3 Å². The summed E-state index contributed by atoms with van der Waals surface area (Å²) in [7, 11) is -3.94. The summed E-state index contributed by atoms with van der Waals surface area (Å²) in [4.78, 5) is 0. The Kier molecular flexibility index (Phi) is 3.48. The van der Waals surface area contributed by atoms with Crippen molar-refractivity contribution in [1.82, 2.24) is 0 Å². The average molecular weight is 386 g/mol. The van der Waals surface area contributed by atoms with E-state index in [1.807, 2.05) is 0 Å². The highest BCUT2D eigenvalue weighted by atomic mass is 32.2. The maximum Gasteiger partial charge on any atom is 0.417 e. The molecule has 2 saturated carbocycles. The van der Waals surface area contributed by atoms with Crippen molar-refractivity contribution in [1.29, 1.82) is 5.26 Å². The van der Waals surface area contributed by atoms with E-state index in [-0.39, 0.29) is 24.1 Å². The molecule has 3 fully saturated rings. The zero-order valence-corrected chi connectivity index (χ0v) is 14.7. The highest BCUT2D eigenvalue weighted by Crippen LogP contribution is 2.62. The Hall–Kier alpha value is -1.79. The number of halogens is 3. The molecule has 1 aliphatic heterocycles. The van der Waals surface area contributed by atoms with Gasteiger partial charge in [0.15, 0.2) is 0 Å². The minimum atomic E-state index is -4.75. The largest absolute Gasteiger partial charge is 0.417 e. The Balaban J connectivity index is 1.81. The number of aliphatic hydroxyl groups is 1. The van der Waals surface area contributed by atoms with Crippen LogP contribution >= 0.6 is 0 Å². The number of sulfonamides is 1. The first kappa shape index (κ1) is 17.6. The quantitative estimate of drug-likeness (QED) is 0.804. The SMILES string of the molecule is C[C@@]12[C@@H](CN(c3ccc(C#N)c(C(F)(F)F)c3)S1(=O)=O)[C@@H]1C[C@@H](O)[C@@H]2C1. The third-order valence-corrected chi connectivity index (χ3v) is 9.19. The van der Waals surface area contributed by atoms with Gasteiger partial charge in [-0.2, -0.15) is 18.4 Å². The van der Waals surface area contributed by atoms with Gasteiger partial charge in [0.25, 0.3) is 0 Å². The molecule has 9 heteroatoms. The fourth-order valence-electron chi connectivity index (χ4n) is 5.23. The molecule has 5 atom stereocenters. The van der Waals surface area contributed by atoms with Crippen LogP contribution in [0, 0.1) is 29.1 Å². The monoisotopic (exact) mass is 386 g/mol. The van der Waals surface area contributed by atoms with Crippen LogP contribution in [0.15, 0.2) is 18.2 Å². The molecule has 0 amide bonds. The lowest BCUT2D eigenvalue weighted by Crippen LogP contribution is -2.49. The summed E-state index contributed by atoms with van der Waals surface area (Å²) < 4.78 is 66.0. The minimum absolute atomic E-state index is 0.0558. The van der Waals surface area contributed by atoms with E-state index >= 15 is 0 Å². The molecule has 2 bridgehead atoms. The van der Waals surface area contributed by atoms with Gasteiger partial charge in [0, 0.05) is 18.4 Å². The van der Waals surface area contributed by atoms with Gasteiger partial charge in [0.05, 0.1) is 33.7 Å². The number of anilines is 1. The summed E-state index contributed by atoms with van der Waals surface area (Å²) in [6, 6.07) is 4.48. The zero-order chi connectivity index (χ0) is 19.1. The standard InChI is InChI=1S/C17H17F3N2O3S/c1-16-13-4-10(5-15(13)23)14(16)8-22(26(16,24)25)11-3-2-9(7-21)12(6-11)17(18,19)20/h2-3,6,10,13-15,23H,4-5,8H2,1H3/t10-,13-,14-,15+,16+/m0/s1. The van der Waals surface area contributed by atoms with Gasteiger partial charge in [-0.25, -0.2) is 8.42 Å². The van der Waals surface area contributed by atoms with Crippen molar-refractivity contribution in [2.45, 2.75) is 36.8 Å². The molecule has 1 aromatic rings. The number of hydrogen-bond donors (Lipinski definition) is 1. The average Bonchev–Trinajstić information content (AvgIpc) is 3.13. The maximum atomic E-state index is 13.2. The molecule has 0 radical (unpaired) electrons. The van der Waals surface area contributed by atoms with Crippen molar-refractivity contribution in [3.8, 4) is 6.07 Å². The molecule has 0 aromatic heterocycles. The predicted octanol–water partition coefficient (Wildman–Crippen LogP) is 2.50. The maximum absolute atomic E-state index is 13.2. The van der Waals surface area contributed by atoms with Gasteiger partial charge < -0.3 is 5.11 Å². The third kappa shape index (κ3) is 2.03. The van der Waals surface area contributed by atoms with Crippen molar-refractivity contribution in [2.75, 3.05) is 10.8 Å². The molecular formula is C17H17F3N2O3S. The fraction of sp³-hybridized carbons (Fsp3) is 0.588. The molecule has 4 rings (SSSR count). The summed E-state index contributed by atoms with van der Waals surface area (Å²) in [5, 5.41) is 19.1. The van der Waals surface area contributed by atoms with E-state index in [4.69, 9.17) is 5.26 Å². The summed E-state index contributed by atoms with van der Waals surface area (Å²) in [5.74, 6) is -0.556. The molecule has 140 valence electrons. The van der Waals surface area contributed by atoms with Crippen molar-refractivity contribution in [2.24, 2.45) is 17.8 Å². The molecular weight excluding hydrogens is 369 g/mol. The van der Waals surface area contributed by atoms with E-state index in [9.17, 15) is 26.7 Å². The summed E-state index contributed by atoms with van der Waals surface area (Å²) in [5.41, 5.74) is -1.77. The molecule has 0 unspecified atom stereocenters. The van der Waals surface area contributed by atoms with Crippen LogP contribution in [-0.4, -0.2) is 30.9 Å². The van der Waals surface area contributed by atoms with Crippen molar-refractivity contribution in [3.63, 3.8) is 0 Å². The van der Waals surface area contributed by atoms with Gasteiger partial charge in [0.1, 0.15) is 0 Å². The number of rotatable bonds is 1. The molecule has 0 spiro atoms. The second-order valence-electron chi connectivity index (χ2n) is 7.57. The Morgan fingerprint density at radius 2 is 2.00 bits per heavy atom. The lowest BCUT2D eigenvalue weighted by Gasteiger charge is -2.36. The van der Waals surface area contributed by atoms with Gasteiger partial charge in [-0.3, -0.25) is 4.31 Å². The molecule has 5 nitrogen and oxygen atoms in total. The van der Waals surface area contributed by atoms with Crippen molar-refractivity contribution < 1.29 is 26.7 Å². The molecule has 1 saturated heterocycles. The first-order valence-corrected chi connectivity index (χ1v) is 9.77. The first-order valence-electron chi connectivity index (χ1n) is 8.33. The van der Waals surface area contributed by atoms with Crippen LogP contribution in [0.3, 0.4) is 0 Å². The van der Waals surface area contributed by atoms with Gasteiger partial charge >= 0.3 is 6.18 Å². The van der Waals surface area contributed by atoms with E-state index in [1.54, 1.807) is 6.92 Å². The fourth-order valence-corrected chi connectivity index (χ4v) is 7.74. The second kappa shape index (κ2) is 5.14. The van der Waals surface area contributed by atoms with Crippen LogP contribution in [0.2, 0.25) is 0 Å². The van der Waals surface area contributed by atoms with Gasteiger partial charge in [-0.05, 0) is 43.9 Å². The topological polar surface area (TPSA) is 81.4 Å². The highest BCUT2D eigenvalue weighted by molar-refractivity contribution is 7.94. The Morgan fingerprint density at radius 1 is 1.31 bits per heavy atom. The minimum Gasteiger partial charge on any atom is -0.393 e. The summed E-state index contributed by atoms with van der Waals surface area (Å²) in [6.07, 6.45) is -4.27. The van der Waals surface area contributed by atoms with Crippen LogP contribution in [0.4, 0.5) is 18.9 Å². The predicted molar refractivity (Wildman–Crippen MR) is 86.5 cm³/mol. The van der Waals surface area contributed by atoms with E-state index < -0.39 is 44.1 Å². The molecule has 1 aromatic carbocycles. The molecule has 1 heterocycles. The van der Waals surface area contributed by atoms with E-state index in [0.717, 1.165) is 16.4 Å². The first-order chi connectivity index (χ1) is 12.0. The molecule has 1 N–H and O–H groups in total. The number of fused-ring (bicyclic) bond motifs is 5. The number of hydrogen-bond acceptors (Lipinski definition) is 4. The van der Waals surface area contributed by atoms with Gasteiger partial charge in [0.2, 0.25) is 10.0 Å². The van der Waals surface area contributed by atoms with Crippen LogP contribution < -0.4 is 4.31 Å². The molecule has 26 heavy (non-hydrogen) atoms. The third-order valence-electron chi connectivity index (χ3n) is 6.53. The van der Waals surface area contributed by atoms with Crippen molar-refractivity contribution >= 4 is 15.7 Å². The van der Waals surface area contributed by atoms with Crippen LogP contribution in [0.5, 0.6) is 0 Å². The lowest BCUT2D eigenvalue weighted by atomic mass is 9.78. The smallest absolute Gasteiger partial charge is 0.393 e. The number of alkyl halides is 3. The Labute approximate surface area is 149 Å². The van der Waals surface area contributed by atoms with Gasteiger partial charge in [-0.15, -0.1) is 0 Å². The second-order valence-corrected chi connectivity index (χ2v) is 9.84. The number of aliphatic hydroxyl groups excluding tert-OH is 1. The Bertz CT molecular complexity index is 924. The van der Waals surface area contributed by atoms with Gasteiger partial charge in [-0.1, -0.05) is 0 Å². The highest BCUT2D eigenvalue weighted by Gasteiger charge is 2.70. The lowest BCUT2D eigenvalue weighted by molar-refractivity contribution is -0.137. The number of benzene rings is 1. The van der Waals surface area contributed by atoms with Crippen LogP contribution in [0.1, 0.15) is 30.9 Å². The normalized spacial score (nSPS) is 37.6. The number of nitrogens with zero attached hydrogens (tertiary/aromatic N) is 2. The number of nitriles is 1. The molecule has 3 aliphatic rings. The van der Waals surface area contributed by atoms with E-state index in [2.05, 4.69) is 0 Å². The summed E-state index contributed by atoms with van der Waals surface area (Å²) >= 11 is 0. The van der Waals surface area contributed by atoms with E-state index in [1.165, 1.54) is 12.1 Å². The molecule has 2 aliphatic carbocycles. The van der Waals surface area contributed by atoms with E-state index in [0.29, 0.717) is 12.8 Å².